The van der Waals surface area contributed by atoms with Crippen LogP contribution in [0.2, 0.25) is 0 Å². The highest BCUT2D eigenvalue weighted by Crippen LogP contribution is 2.29. The molecule has 0 atom stereocenters. The summed E-state index contributed by atoms with van der Waals surface area (Å²) >= 11 is 0. The van der Waals surface area contributed by atoms with Crippen molar-refractivity contribution in [1.82, 2.24) is 0 Å². The largest absolute Gasteiger partial charge is 0.504 e. The van der Waals surface area contributed by atoms with Gasteiger partial charge in [0.2, 0.25) is 0 Å². The summed E-state index contributed by atoms with van der Waals surface area (Å²) in [6.45, 7) is 5.68. The average molecular weight is 791 g/mol. The molecule has 0 saturated carbocycles. The first-order valence-electron chi connectivity index (χ1n) is 20.8. The van der Waals surface area contributed by atoms with Crippen LogP contribution in [-0.2, 0) is 19.7 Å². The Balaban J connectivity index is 1.29. The molecule has 0 saturated heterocycles. The van der Waals surface area contributed by atoms with E-state index in [4.69, 9.17) is 9.47 Å². The number of sulfone groups is 2. The van der Waals surface area contributed by atoms with E-state index in [1.54, 1.807) is 36.4 Å². The summed E-state index contributed by atoms with van der Waals surface area (Å²) in [6.07, 6.45) is 24.9. The van der Waals surface area contributed by atoms with Crippen LogP contribution < -0.4 is 9.47 Å². The van der Waals surface area contributed by atoms with Crippen LogP contribution in [0.4, 0.5) is 0 Å². The lowest BCUT2D eigenvalue weighted by atomic mass is 10.1. The van der Waals surface area contributed by atoms with Crippen molar-refractivity contribution in [2.45, 2.75) is 152 Å². The Hall–Kier alpha value is -3.72. The third-order valence-corrected chi connectivity index (χ3v) is 14.4. The zero-order chi connectivity index (χ0) is 39.4. The van der Waals surface area contributed by atoms with Crippen molar-refractivity contribution in [3.63, 3.8) is 0 Å². The maximum Gasteiger partial charge on any atom is 0.504 e. The van der Waals surface area contributed by atoms with Gasteiger partial charge in [0.25, 0.3) is 19.7 Å². The molecule has 55 heavy (non-hydrogen) atoms. The van der Waals surface area contributed by atoms with Gasteiger partial charge in [0.05, 0.1) is 23.0 Å². The molecule has 0 fully saturated rings. The summed E-state index contributed by atoms with van der Waals surface area (Å²) in [4.78, 5) is 2.25. The Kier molecular flexibility index (Phi) is 18.7. The number of nitrogens with zero attached hydrogens (tertiary/aromatic N) is 2. The van der Waals surface area contributed by atoms with Gasteiger partial charge in [0.1, 0.15) is 11.5 Å². The molecule has 0 aromatic heterocycles. The lowest BCUT2D eigenvalue weighted by Crippen LogP contribution is -2.26. The summed E-state index contributed by atoms with van der Waals surface area (Å²) in [6, 6.07) is 19.3. The second-order valence-electron chi connectivity index (χ2n) is 14.8. The van der Waals surface area contributed by atoms with E-state index >= 15 is 0 Å². The Morgan fingerprint density at radius 3 is 1.11 bits per heavy atom. The van der Waals surface area contributed by atoms with Gasteiger partial charge in [-0.1, -0.05) is 154 Å². The summed E-state index contributed by atoms with van der Waals surface area (Å²) in [5, 5.41) is 2.65. The minimum Gasteiger partial charge on any atom is -0.494 e. The number of hydrogen-bond acceptors (Lipinski definition) is 6. The molecule has 4 rings (SSSR count). The van der Waals surface area contributed by atoms with E-state index in [0.29, 0.717) is 35.5 Å². The van der Waals surface area contributed by atoms with Crippen molar-refractivity contribution in [1.29, 1.82) is 0 Å². The van der Waals surface area contributed by atoms with E-state index in [1.165, 1.54) is 127 Å². The van der Waals surface area contributed by atoms with Crippen molar-refractivity contribution in [3.8, 4) is 11.5 Å². The first-order chi connectivity index (χ1) is 26.7. The molecule has 0 heterocycles. The predicted molar refractivity (Wildman–Crippen MR) is 226 cm³/mol. The molecule has 8 nitrogen and oxygen atoms in total. The number of ether oxygens (including phenoxy) is 2. The maximum atomic E-state index is 13.7. The third kappa shape index (κ3) is 13.8. The quantitative estimate of drug-likeness (QED) is 0.0205. The van der Waals surface area contributed by atoms with Crippen LogP contribution in [-0.4, -0.2) is 39.2 Å². The Morgan fingerprint density at radius 1 is 0.455 bits per heavy atom. The van der Waals surface area contributed by atoms with Crippen molar-refractivity contribution in [2.24, 2.45) is 0 Å². The lowest BCUT2D eigenvalue weighted by Gasteiger charge is -2.09. The summed E-state index contributed by atoms with van der Waals surface area (Å²) in [7, 11) is -9.43. The van der Waals surface area contributed by atoms with Crippen LogP contribution in [0.1, 0.15) is 142 Å². The number of benzene rings is 4. The average Bonchev–Trinajstić information content (AvgIpc) is 3.18. The molecule has 0 aliphatic heterocycles. The second kappa shape index (κ2) is 23.4. The third-order valence-electron chi connectivity index (χ3n) is 10.3. The first-order valence-corrected chi connectivity index (χ1v) is 23.7. The van der Waals surface area contributed by atoms with Gasteiger partial charge in [-0.05, 0) is 82.9 Å². The van der Waals surface area contributed by atoms with Gasteiger partial charge in [-0.15, -0.1) is 4.79 Å². The molecule has 0 N–H and O–H groups in total. The molecule has 0 amide bonds. The van der Waals surface area contributed by atoms with E-state index < -0.39 is 24.1 Å². The van der Waals surface area contributed by atoms with Gasteiger partial charge < -0.3 is 15.0 Å². The molecule has 4 aromatic carbocycles. The van der Waals surface area contributed by atoms with Crippen LogP contribution in [0.25, 0.3) is 27.1 Å². The van der Waals surface area contributed by atoms with E-state index in [0.717, 1.165) is 36.5 Å². The van der Waals surface area contributed by atoms with Gasteiger partial charge in [-0.2, -0.15) is 0 Å². The molecule has 4 aromatic rings. The highest BCUT2D eigenvalue weighted by molar-refractivity contribution is 8.31. The van der Waals surface area contributed by atoms with Gasteiger partial charge in [0.15, 0.2) is 0 Å². The van der Waals surface area contributed by atoms with Crippen molar-refractivity contribution < 1.29 is 31.1 Å². The van der Waals surface area contributed by atoms with Crippen LogP contribution in [0.15, 0.2) is 82.6 Å². The lowest BCUT2D eigenvalue weighted by molar-refractivity contribution is 0.00380. The minimum absolute atomic E-state index is 0.291. The molecule has 0 aliphatic carbocycles. The molecule has 0 unspecified atom stereocenters. The molecule has 10 heteroatoms. The van der Waals surface area contributed by atoms with Crippen LogP contribution in [0.3, 0.4) is 0 Å². The number of hydrogen-bond donors (Lipinski definition) is 0. The van der Waals surface area contributed by atoms with E-state index in [1.807, 2.05) is 12.1 Å². The first kappa shape index (κ1) is 44.0. The van der Waals surface area contributed by atoms with Gasteiger partial charge in [-0.3, -0.25) is 0 Å². The number of unbranched alkanes of at least 4 members (excludes halogenated alkanes) is 18. The zero-order valence-corrected chi connectivity index (χ0v) is 34.8. The molecular formula is C45H62N2O6S2. The monoisotopic (exact) mass is 790 g/mol. The number of fused-ring (bicyclic) bond motifs is 2. The standard InChI is InChI=1S/C45H62N2O6S2/c1-3-5-7-9-11-13-15-17-19-21-31-52-41-27-23-39-35-43(29-25-37(39)33-41)54(48,49)45(47-46)55(50,51)44-30-26-38-34-42(28-24-40(38)36-44)53-32-22-20-18-16-14-12-10-8-6-4-2/h23-30,33-36H,3-22,31-32H2,1-2H3. The Bertz CT molecular complexity index is 1920. The topological polar surface area (TPSA) is 123 Å². The second-order valence-corrected chi connectivity index (χ2v) is 18.8. The van der Waals surface area contributed by atoms with Gasteiger partial charge in [-0.25, -0.2) is 16.8 Å². The zero-order valence-electron chi connectivity index (χ0n) is 33.1. The Labute approximate surface area is 330 Å². The van der Waals surface area contributed by atoms with E-state index in [9.17, 15) is 22.4 Å². The van der Waals surface area contributed by atoms with Crippen LogP contribution in [0.5, 0.6) is 11.5 Å². The minimum atomic E-state index is -4.72. The van der Waals surface area contributed by atoms with Crippen molar-refractivity contribution >= 4 is 45.6 Å². The van der Waals surface area contributed by atoms with Crippen LogP contribution >= 0.6 is 0 Å². The fourth-order valence-electron chi connectivity index (χ4n) is 6.93. The van der Waals surface area contributed by atoms with E-state index in [-0.39, 0.29) is 9.79 Å². The highest BCUT2D eigenvalue weighted by atomic mass is 32.3. The van der Waals surface area contributed by atoms with Crippen LogP contribution in [0, 0.1) is 0 Å². The maximum absolute atomic E-state index is 13.7. The highest BCUT2D eigenvalue weighted by Gasteiger charge is 2.44. The summed E-state index contributed by atoms with van der Waals surface area (Å²) < 4.78 is 65.3. The predicted octanol–water partition coefficient (Wildman–Crippen LogP) is 12.4. The van der Waals surface area contributed by atoms with E-state index in [2.05, 4.69) is 18.6 Å². The van der Waals surface area contributed by atoms with Crippen molar-refractivity contribution in [3.05, 3.63) is 78.3 Å². The summed E-state index contributed by atoms with van der Waals surface area (Å²) in [5.74, 6) is 1.37. The fourth-order valence-corrected chi connectivity index (χ4v) is 10.3. The summed E-state index contributed by atoms with van der Waals surface area (Å²) in [5.41, 5.74) is 9.82. The molecule has 0 bridgehead atoms. The molecule has 0 radical (unpaired) electrons. The number of rotatable bonds is 26. The molecule has 0 spiro atoms. The Morgan fingerprint density at radius 2 is 0.764 bits per heavy atom. The normalized spacial score (nSPS) is 11.9. The SMILES string of the molecule is CCCCCCCCCCCCOc1ccc2cc(S(=O)(=O)C(=[N+]=[N-])S(=O)(=O)c3ccc4cc(OCCCCCCCCCCCC)ccc4c3)ccc2c1. The molecule has 300 valence electrons. The van der Waals surface area contributed by atoms with Gasteiger partial charge in [0, 0.05) is 0 Å². The van der Waals surface area contributed by atoms with Crippen molar-refractivity contribution in [2.75, 3.05) is 13.2 Å². The fraction of sp³-hybridized carbons (Fsp3) is 0.533. The smallest absolute Gasteiger partial charge is 0.494 e. The molecule has 0 aliphatic rings. The van der Waals surface area contributed by atoms with Gasteiger partial charge >= 0.3 is 4.38 Å². The molecular weight excluding hydrogens is 729 g/mol.